The van der Waals surface area contributed by atoms with E-state index in [1.807, 2.05) is 0 Å². The van der Waals surface area contributed by atoms with E-state index in [4.69, 9.17) is 14.9 Å². The fourth-order valence-corrected chi connectivity index (χ4v) is 1.69. The molecule has 0 saturated heterocycles. The van der Waals surface area contributed by atoms with Gasteiger partial charge in [0.15, 0.2) is 0 Å². The smallest absolute Gasteiger partial charge is 0.339 e. The minimum Gasteiger partial charge on any atom is -0.492 e. The van der Waals surface area contributed by atoms with Gasteiger partial charge in [0.25, 0.3) is 0 Å². The van der Waals surface area contributed by atoms with Gasteiger partial charge in [-0.05, 0) is 12.1 Å². The second-order valence-electron chi connectivity index (χ2n) is 3.60. The lowest BCUT2D eigenvalue weighted by atomic mass is 10.1. The highest BCUT2D eigenvalue weighted by Crippen LogP contribution is 2.29. The van der Waals surface area contributed by atoms with E-state index in [-0.39, 0.29) is 29.9 Å². The van der Waals surface area contributed by atoms with E-state index in [2.05, 4.69) is 0 Å². The molecule has 0 atom stereocenters. The van der Waals surface area contributed by atoms with Crippen molar-refractivity contribution in [2.24, 2.45) is 0 Å². The third kappa shape index (κ3) is 2.13. The maximum Gasteiger partial charge on any atom is 0.339 e. The van der Waals surface area contributed by atoms with Gasteiger partial charge in [-0.25, -0.2) is 9.59 Å². The number of benzene rings is 1. The molecule has 1 aromatic rings. The van der Waals surface area contributed by atoms with Crippen LogP contribution in [0.5, 0.6) is 5.75 Å². The average Bonchev–Trinajstić information content (AvgIpc) is 2.49. The molecule has 0 radical (unpaired) electrons. The van der Waals surface area contributed by atoms with Gasteiger partial charge in [0, 0.05) is 17.6 Å². The van der Waals surface area contributed by atoms with Gasteiger partial charge < -0.3 is 14.9 Å². The molecule has 1 heterocycles. The van der Waals surface area contributed by atoms with E-state index in [0.29, 0.717) is 5.56 Å². The van der Waals surface area contributed by atoms with Crippen molar-refractivity contribution in [3.8, 4) is 5.75 Å². The summed E-state index contributed by atoms with van der Waals surface area (Å²) in [7, 11) is 0. The van der Waals surface area contributed by atoms with Crippen molar-refractivity contribution in [2.75, 3.05) is 6.61 Å². The van der Waals surface area contributed by atoms with Crippen molar-refractivity contribution in [3.63, 3.8) is 0 Å². The molecule has 0 amide bonds. The summed E-state index contributed by atoms with van der Waals surface area (Å²) in [5.41, 5.74) is 0.747. The molecule has 88 valence electrons. The molecule has 1 aliphatic heterocycles. The predicted octanol–water partition coefficient (Wildman–Crippen LogP) is 1.64. The summed E-state index contributed by atoms with van der Waals surface area (Å²) in [6.07, 6.45) is 1.71. The van der Waals surface area contributed by atoms with Crippen molar-refractivity contribution in [3.05, 3.63) is 34.9 Å². The van der Waals surface area contributed by atoms with Crippen LogP contribution >= 0.6 is 0 Å². The summed E-state index contributed by atoms with van der Waals surface area (Å²) in [6.45, 7) is 0.162. The number of fused-ring (bicyclic) bond motifs is 1. The second kappa shape index (κ2) is 4.29. The Morgan fingerprint density at radius 3 is 2.59 bits per heavy atom. The van der Waals surface area contributed by atoms with Crippen LogP contribution in [0, 0.1) is 0 Å². The fourth-order valence-electron chi connectivity index (χ4n) is 1.69. The quantitative estimate of drug-likeness (QED) is 0.812. The van der Waals surface area contributed by atoms with Gasteiger partial charge in [0.2, 0.25) is 0 Å². The Labute approximate surface area is 97.0 Å². The number of hydrogen-bond acceptors (Lipinski definition) is 3. The number of rotatable bonds is 2. The maximum absolute atomic E-state index is 11.0. The molecule has 2 rings (SSSR count). The molecule has 0 unspecified atom stereocenters. The van der Waals surface area contributed by atoms with Crippen LogP contribution in [0.15, 0.2) is 23.8 Å². The Hall–Kier alpha value is -2.30. The Balaban J connectivity index is 2.55. The van der Waals surface area contributed by atoms with Crippen LogP contribution in [-0.4, -0.2) is 28.8 Å². The van der Waals surface area contributed by atoms with Crippen LogP contribution in [0.2, 0.25) is 0 Å². The van der Waals surface area contributed by atoms with E-state index in [1.165, 1.54) is 12.1 Å². The Bertz CT molecular complexity index is 516. The number of ether oxygens (including phenoxy) is 1. The van der Waals surface area contributed by atoms with Crippen molar-refractivity contribution in [1.82, 2.24) is 0 Å². The Morgan fingerprint density at radius 1 is 1.18 bits per heavy atom. The minimum absolute atomic E-state index is 0.0467. The normalized spacial score (nSPS) is 14.0. The molecule has 0 bridgehead atoms. The Morgan fingerprint density at radius 2 is 1.94 bits per heavy atom. The summed E-state index contributed by atoms with van der Waals surface area (Å²) in [5, 5.41) is 17.9. The fraction of sp³-hybridized carbons (Fsp3) is 0.167. The zero-order chi connectivity index (χ0) is 12.4. The van der Waals surface area contributed by atoms with E-state index in [0.717, 1.165) is 0 Å². The van der Waals surface area contributed by atoms with E-state index in [9.17, 15) is 9.59 Å². The lowest BCUT2D eigenvalue weighted by molar-refractivity contribution is -0.132. The molecule has 0 fully saturated rings. The summed E-state index contributed by atoms with van der Waals surface area (Å²) in [6, 6.07) is 4.63. The Kier molecular flexibility index (Phi) is 2.82. The van der Waals surface area contributed by atoms with Crippen molar-refractivity contribution < 1.29 is 24.5 Å². The van der Waals surface area contributed by atoms with Crippen LogP contribution in [0.25, 0.3) is 6.08 Å². The maximum atomic E-state index is 11.0. The van der Waals surface area contributed by atoms with Gasteiger partial charge >= 0.3 is 11.9 Å². The first-order chi connectivity index (χ1) is 8.09. The summed E-state index contributed by atoms with van der Waals surface area (Å²) >= 11 is 0. The lowest BCUT2D eigenvalue weighted by Crippen LogP contribution is -2.06. The topological polar surface area (TPSA) is 83.8 Å². The molecule has 0 aromatic heterocycles. The van der Waals surface area contributed by atoms with Gasteiger partial charge in [0.1, 0.15) is 11.3 Å². The van der Waals surface area contributed by atoms with Crippen LogP contribution in [-0.2, 0) is 4.79 Å². The van der Waals surface area contributed by atoms with Gasteiger partial charge in [-0.1, -0.05) is 12.1 Å². The molecule has 0 spiro atoms. The average molecular weight is 234 g/mol. The van der Waals surface area contributed by atoms with Crippen molar-refractivity contribution in [1.29, 1.82) is 0 Å². The number of hydrogen-bond donors (Lipinski definition) is 2. The molecular weight excluding hydrogens is 224 g/mol. The first-order valence-electron chi connectivity index (χ1n) is 5.02. The summed E-state index contributed by atoms with van der Waals surface area (Å²) < 4.78 is 5.33. The van der Waals surface area contributed by atoms with Crippen molar-refractivity contribution in [2.45, 2.75) is 6.42 Å². The molecule has 0 aliphatic carbocycles. The zero-order valence-corrected chi connectivity index (χ0v) is 8.84. The van der Waals surface area contributed by atoms with Crippen LogP contribution < -0.4 is 4.74 Å². The van der Waals surface area contributed by atoms with Crippen LogP contribution in [0.3, 0.4) is 0 Å². The molecule has 5 nitrogen and oxygen atoms in total. The van der Waals surface area contributed by atoms with Gasteiger partial charge in [-0.2, -0.15) is 0 Å². The number of carboxylic acids is 2. The van der Waals surface area contributed by atoms with Gasteiger partial charge in [0.05, 0.1) is 6.61 Å². The highest BCUT2D eigenvalue weighted by atomic mass is 16.5. The number of para-hydroxylation sites is 1. The highest BCUT2D eigenvalue weighted by molar-refractivity contribution is 5.96. The first-order valence-corrected chi connectivity index (χ1v) is 5.02. The van der Waals surface area contributed by atoms with Gasteiger partial charge in [-0.3, -0.25) is 0 Å². The molecule has 0 saturated carbocycles. The highest BCUT2D eigenvalue weighted by Gasteiger charge is 2.19. The number of aromatic carboxylic acids is 1. The standard InChI is InChI=1S/C12H10O5/c13-11(14)8-4-5-17-10-7(6-8)2-1-3-9(10)12(15)16/h1-3,6H,4-5H2,(H,13,14)(H,15,16). The molecular formula is C12H10O5. The first kappa shape index (κ1) is 11.2. The third-order valence-electron chi connectivity index (χ3n) is 2.50. The lowest BCUT2D eigenvalue weighted by Gasteiger charge is -2.08. The largest absolute Gasteiger partial charge is 0.492 e. The predicted molar refractivity (Wildman–Crippen MR) is 59.1 cm³/mol. The molecule has 1 aliphatic rings. The third-order valence-corrected chi connectivity index (χ3v) is 2.50. The van der Waals surface area contributed by atoms with Crippen LogP contribution in [0.4, 0.5) is 0 Å². The SMILES string of the molecule is O=C(O)C1=Cc2cccc(C(=O)O)c2OCC1. The van der Waals surface area contributed by atoms with Crippen LogP contribution in [0.1, 0.15) is 22.3 Å². The summed E-state index contributed by atoms with van der Waals surface area (Å²) in [5.74, 6) is -1.87. The second-order valence-corrected chi connectivity index (χ2v) is 3.60. The molecule has 5 heteroatoms. The zero-order valence-electron chi connectivity index (χ0n) is 8.84. The molecule has 17 heavy (non-hydrogen) atoms. The molecule has 1 aromatic carbocycles. The van der Waals surface area contributed by atoms with E-state index >= 15 is 0 Å². The summed E-state index contributed by atoms with van der Waals surface area (Å²) in [4.78, 5) is 21.9. The monoisotopic (exact) mass is 234 g/mol. The minimum atomic E-state index is -1.09. The van der Waals surface area contributed by atoms with Crippen molar-refractivity contribution >= 4 is 18.0 Å². The van der Waals surface area contributed by atoms with E-state index < -0.39 is 11.9 Å². The molecule has 2 N–H and O–H groups in total. The number of carboxylic acid groups (broad SMARTS) is 2. The number of carbonyl (C=O) groups is 2. The number of aliphatic carboxylic acids is 1. The van der Waals surface area contributed by atoms with E-state index in [1.54, 1.807) is 12.1 Å². The van der Waals surface area contributed by atoms with Gasteiger partial charge in [-0.15, -0.1) is 0 Å².